The van der Waals surface area contributed by atoms with E-state index in [1.807, 2.05) is 37.3 Å². The molecule has 8 nitrogen and oxygen atoms in total. The van der Waals surface area contributed by atoms with Crippen molar-refractivity contribution >= 4 is 33.2 Å². The van der Waals surface area contributed by atoms with E-state index >= 15 is 0 Å². The monoisotopic (exact) mass is 479 g/mol. The Morgan fingerprint density at radius 3 is 2.35 bits per heavy atom. The molecular formula is C25H25N3O5S. The molecule has 0 spiro atoms. The Labute approximate surface area is 198 Å². The molecule has 176 valence electrons. The average molecular weight is 480 g/mol. The Kier molecular flexibility index (Phi) is 6.39. The second-order valence-electron chi connectivity index (χ2n) is 8.36. The van der Waals surface area contributed by atoms with E-state index in [0.717, 1.165) is 11.1 Å². The van der Waals surface area contributed by atoms with Gasteiger partial charge in [0.15, 0.2) is 9.84 Å². The molecule has 3 aromatic rings. The van der Waals surface area contributed by atoms with E-state index in [1.165, 1.54) is 18.1 Å². The van der Waals surface area contributed by atoms with Crippen molar-refractivity contribution in [3.8, 4) is 17.0 Å². The molecule has 2 heterocycles. The van der Waals surface area contributed by atoms with Crippen molar-refractivity contribution < 1.29 is 22.7 Å². The first kappa shape index (κ1) is 23.4. The predicted molar refractivity (Wildman–Crippen MR) is 131 cm³/mol. The summed E-state index contributed by atoms with van der Waals surface area (Å²) in [6.45, 7) is 3.63. The number of sulfone groups is 1. The van der Waals surface area contributed by atoms with Crippen molar-refractivity contribution in [1.82, 2.24) is 4.98 Å². The van der Waals surface area contributed by atoms with Crippen LogP contribution in [-0.2, 0) is 20.4 Å². The number of carbonyl (C=O) groups excluding carboxylic acids is 2. The van der Waals surface area contributed by atoms with Crippen molar-refractivity contribution in [2.24, 2.45) is 0 Å². The van der Waals surface area contributed by atoms with Gasteiger partial charge >= 0.3 is 6.09 Å². The Balaban J connectivity index is 1.71. The minimum atomic E-state index is -3.13. The molecular weight excluding hydrogens is 454 g/mol. The van der Waals surface area contributed by atoms with Crippen LogP contribution in [0.25, 0.3) is 11.1 Å². The van der Waals surface area contributed by atoms with E-state index in [9.17, 15) is 18.0 Å². The number of benzene rings is 2. The molecule has 1 aromatic heterocycles. The Morgan fingerprint density at radius 1 is 1.03 bits per heavy atom. The minimum absolute atomic E-state index is 0.0317. The summed E-state index contributed by atoms with van der Waals surface area (Å²) in [6.07, 6.45) is 2.15. The van der Waals surface area contributed by atoms with Crippen LogP contribution in [0.5, 0.6) is 5.88 Å². The molecule has 0 bridgehead atoms. The number of ether oxygens (including phenoxy) is 1. The molecule has 0 fully saturated rings. The predicted octanol–water partition coefficient (Wildman–Crippen LogP) is 4.05. The first-order valence-electron chi connectivity index (χ1n) is 10.7. The molecule has 9 heteroatoms. The smallest absolute Gasteiger partial charge is 0.391 e. The van der Waals surface area contributed by atoms with E-state index < -0.39 is 15.9 Å². The molecule has 0 saturated carbocycles. The molecule has 0 aliphatic carbocycles. The molecule has 2 amide bonds. The minimum Gasteiger partial charge on any atom is -0.391 e. The van der Waals surface area contributed by atoms with E-state index in [2.05, 4.69) is 4.98 Å². The number of nitrogens with zero attached hydrogens (tertiary/aromatic N) is 3. The summed E-state index contributed by atoms with van der Waals surface area (Å²) in [5, 5.41) is 0. The van der Waals surface area contributed by atoms with Crippen LogP contribution in [0.4, 0.5) is 16.2 Å². The van der Waals surface area contributed by atoms with Gasteiger partial charge in [-0.25, -0.2) is 18.2 Å². The first-order valence-corrected chi connectivity index (χ1v) is 12.8. The van der Waals surface area contributed by atoms with Gasteiger partial charge in [-0.15, -0.1) is 0 Å². The lowest BCUT2D eigenvalue weighted by Gasteiger charge is -2.40. The van der Waals surface area contributed by atoms with Crippen LogP contribution in [0.2, 0.25) is 0 Å². The Hall–Kier alpha value is -3.72. The van der Waals surface area contributed by atoms with Gasteiger partial charge in [0.1, 0.15) is 0 Å². The maximum Gasteiger partial charge on any atom is 0.421 e. The summed E-state index contributed by atoms with van der Waals surface area (Å²) >= 11 is 0. The number of anilines is 2. The largest absolute Gasteiger partial charge is 0.421 e. The summed E-state index contributed by atoms with van der Waals surface area (Å²) in [5.74, 6) is 0.0356. The highest BCUT2D eigenvalue weighted by Crippen LogP contribution is 2.39. The maximum atomic E-state index is 13.1. The lowest BCUT2D eigenvalue weighted by atomic mass is 10.00. The van der Waals surface area contributed by atoms with Crippen molar-refractivity contribution in [2.45, 2.75) is 25.6 Å². The molecule has 1 aliphatic rings. The van der Waals surface area contributed by atoms with Crippen molar-refractivity contribution in [3.05, 3.63) is 72.4 Å². The van der Waals surface area contributed by atoms with Gasteiger partial charge in [0.2, 0.25) is 11.8 Å². The number of amides is 2. The molecule has 4 rings (SSSR count). The highest BCUT2D eigenvalue weighted by molar-refractivity contribution is 7.89. The first-order chi connectivity index (χ1) is 16.1. The fraction of sp³-hybridized carbons (Fsp3) is 0.240. The van der Waals surface area contributed by atoms with E-state index in [1.54, 1.807) is 41.4 Å². The fourth-order valence-corrected chi connectivity index (χ4v) is 4.90. The summed E-state index contributed by atoms with van der Waals surface area (Å²) in [6, 6.07) is 17.6. The molecule has 0 radical (unpaired) electrons. The van der Waals surface area contributed by atoms with E-state index in [-0.39, 0.29) is 30.1 Å². The molecule has 0 N–H and O–H groups in total. The van der Waals surface area contributed by atoms with Crippen LogP contribution in [0.15, 0.2) is 66.9 Å². The molecule has 34 heavy (non-hydrogen) atoms. The third-order valence-electron chi connectivity index (χ3n) is 5.52. The molecule has 0 saturated heterocycles. The average Bonchev–Trinajstić information content (AvgIpc) is 2.78. The number of hydrogen-bond donors (Lipinski definition) is 0. The number of carbonyl (C=O) groups is 2. The van der Waals surface area contributed by atoms with Crippen LogP contribution in [0.1, 0.15) is 19.4 Å². The Bertz CT molecular complexity index is 1320. The van der Waals surface area contributed by atoms with Crippen LogP contribution in [0, 0.1) is 0 Å². The van der Waals surface area contributed by atoms with Crippen molar-refractivity contribution in [2.75, 3.05) is 22.6 Å². The summed E-state index contributed by atoms with van der Waals surface area (Å²) in [4.78, 5) is 32.7. The van der Waals surface area contributed by atoms with E-state index in [0.29, 0.717) is 16.9 Å². The topological polar surface area (TPSA) is 96.9 Å². The van der Waals surface area contributed by atoms with Crippen LogP contribution < -0.4 is 14.5 Å². The van der Waals surface area contributed by atoms with E-state index in [4.69, 9.17) is 4.74 Å². The van der Waals surface area contributed by atoms with Gasteiger partial charge in [0.25, 0.3) is 0 Å². The third-order valence-corrected chi connectivity index (χ3v) is 6.38. The van der Waals surface area contributed by atoms with Crippen LogP contribution in [-0.4, -0.2) is 44.2 Å². The van der Waals surface area contributed by atoms with Crippen LogP contribution in [0.3, 0.4) is 0 Å². The van der Waals surface area contributed by atoms with Crippen molar-refractivity contribution in [1.29, 1.82) is 0 Å². The zero-order chi connectivity index (χ0) is 24.5. The number of pyridine rings is 1. The fourth-order valence-electron chi connectivity index (χ4n) is 4.11. The van der Waals surface area contributed by atoms with Gasteiger partial charge in [-0.05, 0) is 41.8 Å². The van der Waals surface area contributed by atoms with Gasteiger partial charge in [-0.1, -0.05) is 36.4 Å². The van der Waals surface area contributed by atoms with Crippen LogP contribution >= 0.6 is 0 Å². The second kappa shape index (κ2) is 9.26. The Morgan fingerprint density at radius 2 is 1.74 bits per heavy atom. The van der Waals surface area contributed by atoms with Gasteiger partial charge in [0, 0.05) is 32.0 Å². The zero-order valence-corrected chi connectivity index (χ0v) is 20.0. The molecule has 1 aliphatic heterocycles. The summed E-state index contributed by atoms with van der Waals surface area (Å²) in [7, 11) is -3.13. The number of rotatable bonds is 4. The van der Waals surface area contributed by atoms with Crippen molar-refractivity contribution in [3.63, 3.8) is 0 Å². The summed E-state index contributed by atoms with van der Waals surface area (Å²) < 4.78 is 28.6. The quantitative estimate of drug-likeness (QED) is 0.560. The SMILES string of the molecule is CC(=O)N1c2ccc(-c3ccc(CS(C)(=O)=O)cc3)cc2N(C(=O)Oc2ccccn2)C[C@@H]1C. The van der Waals surface area contributed by atoms with Gasteiger partial charge in [0.05, 0.1) is 23.2 Å². The summed E-state index contributed by atoms with van der Waals surface area (Å²) in [5.41, 5.74) is 3.53. The number of aromatic nitrogens is 1. The standard InChI is InChI=1S/C25H25N3O5S/c1-17-15-27(25(30)33-24-6-4-5-13-26-24)23-14-21(11-12-22(23)28(17)18(2)29)20-9-7-19(8-10-20)16-34(3,31)32/h4-14,17H,15-16H2,1-3H3/t17-/m0/s1. The number of hydrogen-bond acceptors (Lipinski definition) is 6. The van der Waals surface area contributed by atoms with Gasteiger partial charge < -0.3 is 9.64 Å². The molecule has 2 aromatic carbocycles. The highest BCUT2D eigenvalue weighted by atomic mass is 32.2. The lowest BCUT2D eigenvalue weighted by molar-refractivity contribution is -0.117. The molecule has 1 atom stereocenters. The third kappa shape index (κ3) is 5.09. The highest BCUT2D eigenvalue weighted by Gasteiger charge is 2.35. The zero-order valence-electron chi connectivity index (χ0n) is 19.1. The second-order valence-corrected chi connectivity index (χ2v) is 10.5. The van der Waals surface area contributed by atoms with Gasteiger partial charge in [-0.2, -0.15) is 0 Å². The number of fused-ring (bicyclic) bond motifs is 1. The normalized spacial score (nSPS) is 15.6. The maximum absolute atomic E-state index is 13.1. The van der Waals surface area contributed by atoms with Gasteiger partial charge in [-0.3, -0.25) is 9.69 Å². The lowest BCUT2D eigenvalue weighted by Crippen LogP contribution is -2.52. The molecule has 0 unspecified atom stereocenters.